The van der Waals surface area contributed by atoms with Crippen LogP contribution in [-0.2, 0) is 23.5 Å². The SMILES string of the molecule is COCCn1c(Cc2ccccc2)nnc1SCc1nc2ccsc2c(=O)[nH]1. The van der Waals surface area contributed by atoms with Crippen LogP contribution in [0.15, 0.2) is 51.7 Å². The van der Waals surface area contributed by atoms with Crippen LogP contribution < -0.4 is 5.56 Å². The molecule has 0 fully saturated rings. The molecule has 0 aliphatic heterocycles. The average Bonchev–Trinajstić information content (AvgIpc) is 3.33. The fourth-order valence-corrected chi connectivity index (χ4v) is 4.44. The van der Waals surface area contributed by atoms with Crippen molar-refractivity contribution in [2.75, 3.05) is 13.7 Å². The van der Waals surface area contributed by atoms with Gasteiger partial charge in [0.2, 0.25) is 0 Å². The van der Waals surface area contributed by atoms with Crippen LogP contribution in [0.5, 0.6) is 0 Å². The summed E-state index contributed by atoms with van der Waals surface area (Å²) in [4.78, 5) is 19.5. The van der Waals surface area contributed by atoms with E-state index in [9.17, 15) is 4.79 Å². The zero-order valence-electron chi connectivity index (χ0n) is 15.3. The smallest absolute Gasteiger partial charge is 0.268 e. The molecule has 0 atom stereocenters. The van der Waals surface area contributed by atoms with E-state index < -0.39 is 0 Å². The number of fused-ring (bicyclic) bond motifs is 1. The van der Waals surface area contributed by atoms with Gasteiger partial charge in [-0.05, 0) is 17.0 Å². The van der Waals surface area contributed by atoms with Crippen molar-refractivity contribution >= 4 is 33.3 Å². The van der Waals surface area contributed by atoms with Gasteiger partial charge in [0, 0.05) is 20.1 Å². The van der Waals surface area contributed by atoms with Crippen LogP contribution >= 0.6 is 23.1 Å². The Morgan fingerprint density at radius 1 is 1.21 bits per heavy atom. The van der Waals surface area contributed by atoms with E-state index in [1.165, 1.54) is 28.7 Å². The largest absolute Gasteiger partial charge is 0.383 e. The molecule has 0 unspecified atom stereocenters. The first kappa shape index (κ1) is 18.9. The molecule has 28 heavy (non-hydrogen) atoms. The number of nitrogens with one attached hydrogen (secondary N) is 1. The minimum absolute atomic E-state index is 0.0961. The van der Waals surface area contributed by atoms with Gasteiger partial charge in [0.15, 0.2) is 5.16 Å². The van der Waals surface area contributed by atoms with Crippen molar-refractivity contribution in [1.82, 2.24) is 24.7 Å². The lowest BCUT2D eigenvalue weighted by atomic mass is 10.1. The third-order valence-corrected chi connectivity index (χ3v) is 6.10. The Balaban J connectivity index is 1.55. The summed E-state index contributed by atoms with van der Waals surface area (Å²) in [6.45, 7) is 1.24. The van der Waals surface area contributed by atoms with Gasteiger partial charge >= 0.3 is 0 Å². The molecule has 3 heterocycles. The highest BCUT2D eigenvalue weighted by atomic mass is 32.2. The normalized spacial score (nSPS) is 11.3. The van der Waals surface area contributed by atoms with E-state index in [0.29, 0.717) is 35.8 Å². The summed E-state index contributed by atoms with van der Waals surface area (Å²) in [7, 11) is 1.68. The number of ether oxygens (including phenoxy) is 1. The number of thioether (sulfide) groups is 1. The van der Waals surface area contributed by atoms with Crippen LogP contribution in [0, 0.1) is 0 Å². The summed E-state index contributed by atoms with van der Waals surface area (Å²) >= 11 is 2.91. The number of aromatic nitrogens is 5. The number of benzene rings is 1. The highest BCUT2D eigenvalue weighted by molar-refractivity contribution is 7.98. The summed E-state index contributed by atoms with van der Waals surface area (Å²) in [5, 5.41) is 11.4. The molecule has 0 saturated heterocycles. The molecular weight excluding hydrogens is 394 g/mol. The number of methoxy groups -OCH3 is 1. The standard InChI is InChI=1S/C19H19N5O2S2/c1-26-9-8-24-16(11-13-5-3-2-4-6-13)22-23-19(24)28-12-15-20-14-7-10-27-17(14)18(25)21-15/h2-7,10H,8-9,11-12H2,1H3,(H,20,21,25). The number of thiophene rings is 1. The van der Waals surface area contributed by atoms with Gasteiger partial charge in [-0.3, -0.25) is 4.79 Å². The number of H-pyrrole nitrogens is 1. The Morgan fingerprint density at radius 3 is 2.89 bits per heavy atom. The average molecular weight is 414 g/mol. The van der Waals surface area contributed by atoms with Crippen molar-refractivity contribution in [3.05, 3.63) is 69.3 Å². The molecule has 0 aliphatic carbocycles. The highest BCUT2D eigenvalue weighted by Gasteiger charge is 2.14. The van der Waals surface area contributed by atoms with Crippen molar-refractivity contribution in [2.45, 2.75) is 23.9 Å². The monoisotopic (exact) mass is 413 g/mol. The molecule has 144 valence electrons. The molecular formula is C19H19N5O2S2. The first-order valence-corrected chi connectivity index (χ1v) is 10.7. The number of rotatable bonds is 8. The lowest BCUT2D eigenvalue weighted by Gasteiger charge is -2.09. The van der Waals surface area contributed by atoms with Crippen LogP contribution in [0.25, 0.3) is 10.2 Å². The molecule has 0 aliphatic rings. The maximum absolute atomic E-state index is 12.1. The number of hydrogen-bond donors (Lipinski definition) is 1. The molecule has 1 N–H and O–H groups in total. The van der Waals surface area contributed by atoms with Gasteiger partial charge in [0.1, 0.15) is 16.3 Å². The molecule has 7 nitrogen and oxygen atoms in total. The second-order valence-corrected chi connectivity index (χ2v) is 8.00. The quantitative estimate of drug-likeness (QED) is 0.447. The van der Waals surface area contributed by atoms with Crippen molar-refractivity contribution in [3.63, 3.8) is 0 Å². The van der Waals surface area contributed by atoms with Crippen LogP contribution in [-0.4, -0.2) is 38.4 Å². The minimum atomic E-state index is -0.0961. The van der Waals surface area contributed by atoms with Crippen LogP contribution in [0.2, 0.25) is 0 Å². The second-order valence-electron chi connectivity index (χ2n) is 6.14. The van der Waals surface area contributed by atoms with Gasteiger partial charge in [-0.15, -0.1) is 21.5 Å². The van der Waals surface area contributed by atoms with Gasteiger partial charge in [-0.1, -0.05) is 42.1 Å². The van der Waals surface area contributed by atoms with E-state index >= 15 is 0 Å². The van der Waals surface area contributed by atoms with Crippen molar-refractivity contribution in [3.8, 4) is 0 Å². The predicted molar refractivity (Wildman–Crippen MR) is 111 cm³/mol. The Bertz CT molecular complexity index is 1120. The molecule has 1 aromatic carbocycles. The summed E-state index contributed by atoms with van der Waals surface area (Å²) in [5.41, 5.74) is 1.82. The molecule has 0 bridgehead atoms. The zero-order valence-corrected chi connectivity index (χ0v) is 16.9. The molecule has 4 aromatic rings. The third kappa shape index (κ3) is 4.16. The highest BCUT2D eigenvalue weighted by Crippen LogP contribution is 2.22. The molecule has 0 amide bonds. The van der Waals surface area contributed by atoms with Gasteiger partial charge < -0.3 is 14.3 Å². The number of aromatic amines is 1. The number of nitrogens with zero attached hydrogens (tertiary/aromatic N) is 4. The molecule has 0 radical (unpaired) electrons. The van der Waals surface area contributed by atoms with Crippen LogP contribution in [0.4, 0.5) is 0 Å². The second kappa shape index (κ2) is 8.68. The van der Waals surface area contributed by atoms with Crippen molar-refractivity contribution < 1.29 is 4.74 Å². The third-order valence-electron chi connectivity index (χ3n) is 4.22. The van der Waals surface area contributed by atoms with E-state index in [1.54, 1.807) is 7.11 Å². The van der Waals surface area contributed by atoms with Crippen LogP contribution in [0.1, 0.15) is 17.2 Å². The zero-order chi connectivity index (χ0) is 19.3. The van der Waals surface area contributed by atoms with Crippen molar-refractivity contribution in [1.29, 1.82) is 0 Å². The molecule has 0 spiro atoms. The molecule has 9 heteroatoms. The van der Waals surface area contributed by atoms with Crippen molar-refractivity contribution in [2.24, 2.45) is 0 Å². The Kier molecular flexibility index (Phi) is 5.84. The van der Waals surface area contributed by atoms with Gasteiger partial charge in [0.25, 0.3) is 5.56 Å². The number of hydrogen-bond acceptors (Lipinski definition) is 7. The lowest BCUT2D eigenvalue weighted by Crippen LogP contribution is -2.11. The van der Waals surface area contributed by atoms with Gasteiger partial charge in [-0.2, -0.15) is 0 Å². The maximum Gasteiger partial charge on any atom is 0.268 e. The van der Waals surface area contributed by atoms with E-state index in [2.05, 4.69) is 36.9 Å². The fourth-order valence-electron chi connectivity index (χ4n) is 2.87. The fraction of sp³-hybridized carbons (Fsp3) is 0.263. The first-order valence-electron chi connectivity index (χ1n) is 8.78. The van der Waals surface area contributed by atoms with Crippen LogP contribution in [0.3, 0.4) is 0 Å². The molecule has 0 saturated carbocycles. The maximum atomic E-state index is 12.1. The minimum Gasteiger partial charge on any atom is -0.383 e. The summed E-state index contributed by atoms with van der Waals surface area (Å²) < 4.78 is 7.98. The van der Waals surface area contributed by atoms with E-state index in [-0.39, 0.29) is 5.56 Å². The Hall–Kier alpha value is -2.49. The first-order chi connectivity index (χ1) is 13.7. The van der Waals surface area contributed by atoms with E-state index in [0.717, 1.165) is 16.5 Å². The summed E-state index contributed by atoms with van der Waals surface area (Å²) in [6, 6.07) is 12.0. The summed E-state index contributed by atoms with van der Waals surface area (Å²) in [6.07, 6.45) is 0.702. The summed E-state index contributed by atoms with van der Waals surface area (Å²) in [5.74, 6) is 2.03. The van der Waals surface area contributed by atoms with E-state index in [4.69, 9.17) is 4.74 Å². The molecule has 4 rings (SSSR count). The lowest BCUT2D eigenvalue weighted by molar-refractivity contribution is 0.184. The van der Waals surface area contributed by atoms with E-state index in [1.807, 2.05) is 29.6 Å². The molecule has 3 aromatic heterocycles. The Morgan fingerprint density at radius 2 is 2.07 bits per heavy atom. The van der Waals surface area contributed by atoms with Gasteiger partial charge in [0.05, 0.1) is 17.9 Å². The Labute approximate surface area is 169 Å². The predicted octanol–water partition coefficient (Wildman–Crippen LogP) is 3.11. The van der Waals surface area contributed by atoms with Gasteiger partial charge in [-0.25, -0.2) is 4.98 Å². The topological polar surface area (TPSA) is 85.7 Å².